The molecule has 110 valence electrons. The number of hydrogen-bond donors (Lipinski definition) is 0. The maximum atomic E-state index is 11.5. The van der Waals surface area contributed by atoms with Crippen molar-refractivity contribution in [3.05, 3.63) is 53.6 Å². The minimum atomic E-state index is 0.124. The summed E-state index contributed by atoms with van der Waals surface area (Å²) in [6.07, 6.45) is 6.35. The van der Waals surface area contributed by atoms with Crippen LogP contribution in [0.15, 0.2) is 36.7 Å². The predicted molar refractivity (Wildman–Crippen MR) is 81.9 cm³/mol. The second-order valence-corrected chi connectivity index (χ2v) is 5.85. The Balaban J connectivity index is 1.75. The van der Waals surface area contributed by atoms with Crippen LogP contribution < -0.4 is 0 Å². The van der Waals surface area contributed by atoms with E-state index in [2.05, 4.69) is 20.5 Å². The highest BCUT2D eigenvalue weighted by Gasteiger charge is 2.29. The second-order valence-electron chi connectivity index (χ2n) is 5.85. The summed E-state index contributed by atoms with van der Waals surface area (Å²) in [5.74, 6) is 1.21. The number of aryl methyl sites for hydroxylation is 1. The van der Waals surface area contributed by atoms with Gasteiger partial charge in [0, 0.05) is 37.6 Å². The van der Waals surface area contributed by atoms with Gasteiger partial charge in [0.25, 0.3) is 0 Å². The Morgan fingerprint density at radius 2 is 2.19 bits per heavy atom. The highest BCUT2D eigenvalue weighted by Crippen LogP contribution is 2.29. The molecular formula is C17H21N3O. The van der Waals surface area contributed by atoms with Crippen molar-refractivity contribution in [2.24, 2.45) is 7.05 Å². The standard InChI is InChI=1S/C17H21N3O/c1-13(21)15-5-3-4-14(10-15)11-20(16-6-7-16)12-17-18-8-9-19(17)2/h3-5,8-10,16H,6-7,11-12H2,1-2H3. The molecule has 2 aromatic rings. The smallest absolute Gasteiger partial charge is 0.159 e. The third kappa shape index (κ3) is 3.39. The third-order valence-corrected chi connectivity index (χ3v) is 4.05. The number of carbonyl (C=O) groups excluding carboxylic acids is 1. The van der Waals surface area contributed by atoms with Gasteiger partial charge in [0.1, 0.15) is 5.82 Å². The lowest BCUT2D eigenvalue weighted by Gasteiger charge is -2.22. The molecule has 1 aliphatic carbocycles. The molecule has 1 aromatic carbocycles. The summed E-state index contributed by atoms with van der Waals surface area (Å²) in [5, 5.41) is 0. The van der Waals surface area contributed by atoms with E-state index in [0.717, 1.165) is 24.5 Å². The molecule has 0 atom stereocenters. The SMILES string of the molecule is CC(=O)c1cccc(CN(Cc2nccn2C)C2CC2)c1. The van der Waals surface area contributed by atoms with Crippen molar-refractivity contribution in [3.8, 4) is 0 Å². The average Bonchev–Trinajstić information content (AvgIpc) is 3.23. The topological polar surface area (TPSA) is 38.1 Å². The number of nitrogens with zero attached hydrogens (tertiary/aromatic N) is 3. The van der Waals surface area contributed by atoms with Crippen LogP contribution in [-0.4, -0.2) is 26.3 Å². The summed E-state index contributed by atoms with van der Waals surface area (Å²) < 4.78 is 2.07. The largest absolute Gasteiger partial charge is 0.337 e. The van der Waals surface area contributed by atoms with Crippen LogP contribution in [0.2, 0.25) is 0 Å². The lowest BCUT2D eigenvalue weighted by Crippen LogP contribution is -2.26. The van der Waals surface area contributed by atoms with Gasteiger partial charge in [0.05, 0.1) is 6.54 Å². The van der Waals surface area contributed by atoms with Crippen LogP contribution in [0.1, 0.15) is 41.5 Å². The Labute approximate surface area is 125 Å². The Bertz CT molecular complexity index is 643. The summed E-state index contributed by atoms with van der Waals surface area (Å²) in [6.45, 7) is 3.35. The van der Waals surface area contributed by atoms with Crippen molar-refractivity contribution in [2.45, 2.75) is 38.9 Å². The maximum Gasteiger partial charge on any atom is 0.159 e. The monoisotopic (exact) mass is 283 g/mol. The molecule has 1 fully saturated rings. The Morgan fingerprint density at radius 3 is 2.81 bits per heavy atom. The fourth-order valence-corrected chi connectivity index (χ4v) is 2.61. The van der Waals surface area contributed by atoms with Gasteiger partial charge in [0.2, 0.25) is 0 Å². The van der Waals surface area contributed by atoms with Crippen LogP contribution in [-0.2, 0) is 20.1 Å². The number of rotatable bonds is 6. The Morgan fingerprint density at radius 1 is 1.38 bits per heavy atom. The molecule has 1 aromatic heterocycles. The molecule has 0 unspecified atom stereocenters. The van der Waals surface area contributed by atoms with Crippen molar-refractivity contribution in [1.82, 2.24) is 14.5 Å². The van der Waals surface area contributed by atoms with E-state index >= 15 is 0 Å². The number of benzene rings is 1. The van der Waals surface area contributed by atoms with Crippen LogP contribution in [0, 0.1) is 0 Å². The molecule has 0 aliphatic heterocycles. The molecule has 4 nitrogen and oxygen atoms in total. The van der Waals surface area contributed by atoms with Crippen molar-refractivity contribution in [1.29, 1.82) is 0 Å². The normalized spacial score (nSPS) is 14.6. The first-order valence-corrected chi connectivity index (χ1v) is 7.43. The fraction of sp³-hybridized carbons (Fsp3) is 0.412. The first-order valence-electron chi connectivity index (χ1n) is 7.43. The minimum Gasteiger partial charge on any atom is -0.337 e. The second kappa shape index (κ2) is 5.82. The number of ketones is 1. The van der Waals surface area contributed by atoms with Gasteiger partial charge in [-0.25, -0.2) is 4.98 Å². The summed E-state index contributed by atoms with van der Waals surface area (Å²) in [4.78, 5) is 18.4. The van der Waals surface area contributed by atoms with E-state index in [9.17, 15) is 4.79 Å². The van der Waals surface area contributed by atoms with Crippen LogP contribution in [0.3, 0.4) is 0 Å². The van der Waals surface area contributed by atoms with Crippen LogP contribution in [0.4, 0.5) is 0 Å². The number of imidazole rings is 1. The van der Waals surface area contributed by atoms with Crippen molar-refractivity contribution in [2.75, 3.05) is 0 Å². The summed E-state index contributed by atoms with van der Waals surface area (Å²) in [7, 11) is 2.03. The van der Waals surface area contributed by atoms with Gasteiger partial charge in [-0.15, -0.1) is 0 Å². The Hall–Kier alpha value is -1.94. The molecule has 3 rings (SSSR count). The van der Waals surface area contributed by atoms with E-state index in [-0.39, 0.29) is 5.78 Å². The first kappa shape index (κ1) is 14.0. The maximum absolute atomic E-state index is 11.5. The van der Waals surface area contributed by atoms with Crippen molar-refractivity contribution >= 4 is 5.78 Å². The van der Waals surface area contributed by atoms with Gasteiger partial charge in [-0.2, -0.15) is 0 Å². The highest BCUT2D eigenvalue weighted by molar-refractivity contribution is 5.94. The zero-order valence-corrected chi connectivity index (χ0v) is 12.6. The van der Waals surface area contributed by atoms with Gasteiger partial charge in [-0.05, 0) is 31.4 Å². The van der Waals surface area contributed by atoms with Gasteiger partial charge in [-0.3, -0.25) is 9.69 Å². The number of Topliss-reactive ketones (excluding diaryl/α,β-unsaturated/α-hetero) is 1. The first-order chi connectivity index (χ1) is 10.1. The quantitative estimate of drug-likeness (QED) is 0.765. The van der Waals surface area contributed by atoms with Crippen LogP contribution >= 0.6 is 0 Å². The average molecular weight is 283 g/mol. The third-order valence-electron chi connectivity index (χ3n) is 4.05. The zero-order chi connectivity index (χ0) is 14.8. The molecule has 1 aliphatic rings. The molecule has 0 saturated heterocycles. The molecule has 0 spiro atoms. The summed E-state index contributed by atoms with van der Waals surface area (Å²) in [5.41, 5.74) is 1.99. The van der Waals surface area contributed by atoms with E-state index in [1.807, 2.05) is 37.6 Å². The minimum absolute atomic E-state index is 0.124. The Kier molecular flexibility index (Phi) is 3.88. The molecule has 0 bridgehead atoms. The van der Waals surface area contributed by atoms with Crippen molar-refractivity contribution in [3.63, 3.8) is 0 Å². The molecule has 0 N–H and O–H groups in total. The van der Waals surface area contributed by atoms with Crippen molar-refractivity contribution < 1.29 is 4.79 Å². The molecule has 21 heavy (non-hydrogen) atoms. The molecule has 1 heterocycles. The number of aromatic nitrogens is 2. The zero-order valence-electron chi connectivity index (χ0n) is 12.6. The van der Waals surface area contributed by atoms with E-state index < -0.39 is 0 Å². The summed E-state index contributed by atoms with van der Waals surface area (Å²) in [6, 6.07) is 8.61. The van der Waals surface area contributed by atoms with Gasteiger partial charge in [-0.1, -0.05) is 18.2 Å². The van der Waals surface area contributed by atoms with E-state index in [0.29, 0.717) is 6.04 Å². The molecule has 4 heteroatoms. The van der Waals surface area contributed by atoms with Gasteiger partial charge < -0.3 is 4.57 Å². The molecule has 1 saturated carbocycles. The fourth-order valence-electron chi connectivity index (χ4n) is 2.61. The number of carbonyl (C=O) groups is 1. The summed E-state index contributed by atoms with van der Waals surface area (Å²) >= 11 is 0. The van der Waals surface area contributed by atoms with E-state index in [1.165, 1.54) is 18.4 Å². The van der Waals surface area contributed by atoms with Crippen LogP contribution in [0.5, 0.6) is 0 Å². The molecule has 0 radical (unpaired) electrons. The highest BCUT2D eigenvalue weighted by atomic mass is 16.1. The van der Waals surface area contributed by atoms with Gasteiger partial charge in [0.15, 0.2) is 5.78 Å². The van der Waals surface area contributed by atoms with E-state index in [4.69, 9.17) is 0 Å². The molecule has 0 amide bonds. The molecular weight excluding hydrogens is 262 g/mol. The lowest BCUT2D eigenvalue weighted by atomic mass is 10.1. The number of hydrogen-bond acceptors (Lipinski definition) is 3. The lowest BCUT2D eigenvalue weighted by molar-refractivity contribution is 0.101. The predicted octanol–water partition coefficient (Wildman–Crippen LogP) is 2.79. The van der Waals surface area contributed by atoms with Gasteiger partial charge >= 0.3 is 0 Å². The van der Waals surface area contributed by atoms with Crippen LogP contribution in [0.25, 0.3) is 0 Å². The van der Waals surface area contributed by atoms with E-state index in [1.54, 1.807) is 6.92 Å².